The Bertz CT molecular complexity index is 2870. The van der Waals surface area contributed by atoms with E-state index in [2.05, 4.69) is 9.97 Å². The van der Waals surface area contributed by atoms with Crippen LogP contribution in [-0.4, -0.2) is 50.8 Å². The van der Waals surface area contributed by atoms with Crippen LogP contribution in [0.5, 0.6) is 0 Å². The number of aryl methyl sites for hydroxylation is 1. The van der Waals surface area contributed by atoms with Gasteiger partial charge in [0.1, 0.15) is 17.3 Å². The number of nitrogens with zero attached hydrogens (tertiary/aromatic N) is 3. The van der Waals surface area contributed by atoms with E-state index in [-0.39, 0.29) is 79.5 Å². The molecule has 6 rings (SSSR count). The Balaban J connectivity index is 0.000000387. The summed E-state index contributed by atoms with van der Waals surface area (Å²) in [7, 11) is -6.10. The van der Waals surface area contributed by atoms with Crippen LogP contribution in [0.3, 0.4) is 0 Å². The largest absolute Gasteiger partial charge is 0.477 e. The Kier molecular flexibility index (Phi) is 20.6. The second-order valence-corrected chi connectivity index (χ2v) is 21.8. The fourth-order valence-electron chi connectivity index (χ4n) is 6.25. The number of carboxylic acid groups (broad SMARTS) is 1. The van der Waals surface area contributed by atoms with Gasteiger partial charge in [0.05, 0.1) is 37.0 Å². The van der Waals surface area contributed by atoms with Crippen molar-refractivity contribution in [3.8, 4) is 0 Å². The Morgan fingerprint density at radius 3 is 1.37 bits per heavy atom. The fourth-order valence-corrected chi connectivity index (χ4v) is 9.30. The lowest BCUT2D eigenvalue weighted by Gasteiger charge is -2.20. The number of carboxylic acids is 1. The maximum absolute atomic E-state index is 14.2. The van der Waals surface area contributed by atoms with E-state index in [1.54, 1.807) is 54.6 Å². The van der Waals surface area contributed by atoms with E-state index in [1.807, 2.05) is 54.5 Å². The number of carbonyl (C=O) groups excluding carboxylic acids is 1. The summed E-state index contributed by atoms with van der Waals surface area (Å²) in [5, 5.41) is 9.54. The molecule has 0 aliphatic carbocycles. The predicted molar refractivity (Wildman–Crippen MR) is 266 cm³/mol. The molecule has 10 nitrogen and oxygen atoms in total. The highest BCUT2D eigenvalue weighted by molar-refractivity contribution is 7.91. The summed E-state index contributed by atoms with van der Waals surface area (Å²) in [5.41, 5.74) is 2.45. The number of anilines is 1. The average Bonchev–Trinajstić information content (AvgIpc) is 3.23. The molecule has 6 aromatic rings. The Morgan fingerprint density at radius 2 is 1.00 bits per heavy atom. The standard InChI is InChI=1S/C24H24ClFN2O3S.C17H18ClNO4S.C8H9F.2CH4/c1-24(2,3)17-9-11-19(12-10-17)32(30,31)15-16-13-18(25)14-27-22(16)23(29)28(4)21-8-6-5-7-20(21)26;1-17(2,3)12-4-6-14(7-5-12)24(22,23)10-11-8-13(18)9-19-15(11)16(20)21;1-2-7-5-3-4-6-8(7)9;;/h5-14H,15H2,1-4H3;4-9H,10H2,1-3H3,(H,20,21);3-6H,2H2,1H3;2*1H4. The van der Waals surface area contributed by atoms with Gasteiger partial charge in [0, 0.05) is 30.6 Å². The van der Waals surface area contributed by atoms with E-state index in [4.69, 9.17) is 28.3 Å². The van der Waals surface area contributed by atoms with Crippen molar-refractivity contribution < 1.29 is 40.3 Å². The van der Waals surface area contributed by atoms with Gasteiger partial charge in [-0.3, -0.25) is 4.79 Å². The zero-order valence-electron chi connectivity index (χ0n) is 37.2. The van der Waals surface area contributed by atoms with Crippen LogP contribution in [0.2, 0.25) is 10.0 Å². The average molecular weight is 999 g/mol. The number of amides is 1. The first-order valence-electron chi connectivity index (χ1n) is 20.2. The van der Waals surface area contributed by atoms with Gasteiger partial charge in [-0.25, -0.2) is 40.4 Å². The van der Waals surface area contributed by atoms with E-state index in [0.717, 1.165) is 28.0 Å². The first-order chi connectivity index (χ1) is 30.2. The van der Waals surface area contributed by atoms with Crippen LogP contribution in [-0.2, 0) is 48.4 Å². The molecule has 0 saturated carbocycles. The number of halogens is 4. The van der Waals surface area contributed by atoms with Gasteiger partial charge in [0.15, 0.2) is 25.4 Å². The summed E-state index contributed by atoms with van der Waals surface area (Å²) < 4.78 is 78.1. The lowest BCUT2D eigenvalue weighted by molar-refractivity contribution is 0.0689. The van der Waals surface area contributed by atoms with Gasteiger partial charge < -0.3 is 10.0 Å². The van der Waals surface area contributed by atoms with Crippen LogP contribution in [0.4, 0.5) is 14.5 Å². The van der Waals surface area contributed by atoms with Gasteiger partial charge in [0.2, 0.25) is 0 Å². The molecule has 0 fully saturated rings. The van der Waals surface area contributed by atoms with E-state index in [1.165, 1.54) is 68.0 Å². The molecule has 67 heavy (non-hydrogen) atoms. The summed E-state index contributed by atoms with van der Waals surface area (Å²) in [5.74, 6) is -3.55. The minimum atomic E-state index is -3.79. The van der Waals surface area contributed by atoms with Gasteiger partial charge in [-0.15, -0.1) is 0 Å². The van der Waals surface area contributed by atoms with Crippen molar-refractivity contribution in [2.45, 2.75) is 102 Å². The first-order valence-corrected chi connectivity index (χ1v) is 24.3. The number of sulfone groups is 2. The molecule has 0 bridgehead atoms. The molecule has 0 aliphatic rings. The van der Waals surface area contributed by atoms with Crippen molar-refractivity contribution in [2.24, 2.45) is 0 Å². The van der Waals surface area contributed by atoms with Gasteiger partial charge in [-0.05, 0) is 88.5 Å². The van der Waals surface area contributed by atoms with Crippen molar-refractivity contribution in [3.63, 3.8) is 0 Å². The van der Waals surface area contributed by atoms with E-state index in [0.29, 0.717) is 0 Å². The number of hydrogen-bond donors (Lipinski definition) is 1. The molecular formula is C51H59Cl2F2N3O7S2. The summed E-state index contributed by atoms with van der Waals surface area (Å²) in [6, 6.07) is 28.6. The molecule has 4 aromatic carbocycles. The second kappa shape index (κ2) is 24.0. The number of aromatic nitrogens is 2. The van der Waals surface area contributed by atoms with Crippen LogP contribution in [0.15, 0.2) is 131 Å². The molecule has 0 unspecified atom stereocenters. The van der Waals surface area contributed by atoms with Crippen molar-refractivity contribution >= 4 is 60.4 Å². The number of pyridine rings is 2. The Hall–Kier alpha value is -5.54. The minimum absolute atomic E-state index is 0. The van der Waals surface area contributed by atoms with Crippen molar-refractivity contribution in [2.75, 3.05) is 11.9 Å². The number of benzene rings is 4. The van der Waals surface area contributed by atoms with Crippen molar-refractivity contribution in [3.05, 3.63) is 182 Å². The zero-order valence-corrected chi connectivity index (χ0v) is 40.4. The van der Waals surface area contributed by atoms with Crippen LogP contribution >= 0.6 is 23.2 Å². The molecule has 0 aliphatic heterocycles. The quantitative estimate of drug-likeness (QED) is 0.141. The van der Waals surface area contributed by atoms with Crippen LogP contribution in [0, 0.1) is 11.6 Å². The van der Waals surface area contributed by atoms with Crippen LogP contribution in [0.1, 0.15) is 112 Å². The highest BCUT2D eigenvalue weighted by Gasteiger charge is 2.26. The molecule has 2 heterocycles. The molecule has 0 spiro atoms. The number of hydrogen-bond acceptors (Lipinski definition) is 8. The number of carbonyl (C=O) groups is 2. The Labute approximate surface area is 404 Å². The monoisotopic (exact) mass is 997 g/mol. The molecule has 0 radical (unpaired) electrons. The van der Waals surface area contributed by atoms with Gasteiger partial charge in [0.25, 0.3) is 5.91 Å². The lowest BCUT2D eigenvalue weighted by Crippen LogP contribution is -2.29. The number of rotatable bonds is 10. The molecule has 360 valence electrons. The smallest absolute Gasteiger partial charge is 0.354 e. The topological polar surface area (TPSA) is 152 Å². The Morgan fingerprint density at radius 1 is 0.612 bits per heavy atom. The summed E-state index contributed by atoms with van der Waals surface area (Å²) >= 11 is 11.9. The fraction of sp³-hybridized carbons (Fsp3) is 0.294. The van der Waals surface area contributed by atoms with Gasteiger partial charge in [-0.2, -0.15) is 0 Å². The molecule has 2 aromatic heterocycles. The van der Waals surface area contributed by atoms with Crippen LogP contribution in [0.25, 0.3) is 0 Å². The zero-order chi connectivity index (χ0) is 48.5. The maximum Gasteiger partial charge on any atom is 0.354 e. The molecule has 1 amide bonds. The normalized spacial score (nSPS) is 11.3. The molecule has 0 atom stereocenters. The second-order valence-electron chi connectivity index (χ2n) is 17.0. The third-order valence-corrected chi connectivity index (χ3v) is 13.8. The summed E-state index contributed by atoms with van der Waals surface area (Å²) in [4.78, 5) is 33.4. The third kappa shape index (κ3) is 15.8. The summed E-state index contributed by atoms with van der Waals surface area (Å²) in [6.07, 6.45) is 3.21. The third-order valence-electron chi connectivity index (χ3n) is 9.98. The summed E-state index contributed by atoms with van der Waals surface area (Å²) in [6.45, 7) is 14.2. The highest BCUT2D eigenvalue weighted by atomic mass is 35.5. The molecular weight excluding hydrogens is 940 g/mol. The van der Waals surface area contributed by atoms with Gasteiger partial charge in [-0.1, -0.05) is 141 Å². The number of aromatic carboxylic acids is 1. The van der Waals surface area contributed by atoms with Gasteiger partial charge >= 0.3 is 5.97 Å². The highest BCUT2D eigenvalue weighted by Crippen LogP contribution is 2.29. The lowest BCUT2D eigenvalue weighted by atomic mass is 9.87. The van der Waals surface area contributed by atoms with Crippen LogP contribution < -0.4 is 4.90 Å². The predicted octanol–water partition coefficient (Wildman–Crippen LogP) is 12.8. The van der Waals surface area contributed by atoms with E-state index in [9.17, 15) is 35.2 Å². The van der Waals surface area contributed by atoms with Crippen molar-refractivity contribution in [1.82, 2.24) is 9.97 Å². The maximum atomic E-state index is 14.2. The number of para-hydroxylation sites is 1. The molecule has 16 heteroatoms. The van der Waals surface area contributed by atoms with Crippen molar-refractivity contribution in [1.29, 1.82) is 0 Å². The first kappa shape index (κ1) is 57.6. The minimum Gasteiger partial charge on any atom is -0.477 e. The molecule has 0 saturated heterocycles. The van der Waals surface area contributed by atoms with E-state index >= 15 is 0 Å². The van der Waals surface area contributed by atoms with E-state index < -0.39 is 48.9 Å². The molecule has 1 N–H and O–H groups in total. The SMILES string of the molecule is C.C.CC(C)(C)c1ccc(S(=O)(=O)Cc2cc(Cl)cnc2C(=O)O)cc1.CCc1ccccc1F.CN(C(=O)c1ncc(Cl)cc1CS(=O)(=O)c1ccc(C(C)(C)C)cc1)c1ccccc1F.